The molecule has 2 rings (SSSR count). The maximum atomic E-state index is 12.4. The molecule has 21 heavy (non-hydrogen) atoms. The molecule has 1 N–H and O–H groups in total. The zero-order valence-corrected chi connectivity index (χ0v) is 15.1. The van der Waals surface area contributed by atoms with Gasteiger partial charge in [0.05, 0.1) is 10.5 Å². The second-order valence-electron chi connectivity index (χ2n) is 8.51. The Bertz CT molecular complexity index is 471. The van der Waals surface area contributed by atoms with Crippen LogP contribution in [-0.4, -0.2) is 54.5 Å². The molecule has 0 aromatic rings. The quantitative estimate of drug-likeness (QED) is 0.867. The van der Waals surface area contributed by atoms with Gasteiger partial charge in [0.25, 0.3) is 0 Å². The first-order valence-electron chi connectivity index (χ1n) is 8.20. The van der Waals surface area contributed by atoms with Crippen molar-refractivity contribution in [3.8, 4) is 0 Å². The van der Waals surface area contributed by atoms with Crippen LogP contribution in [0.15, 0.2) is 0 Å². The van der Waals surface area contributed by atoms with E-state index in [1.54, 1.807) is 20.8 Å². The molecule has 1 aliphatic carbocycles. The molecule has 0 radical (unpaired) electrons. The summed E-state index contributed by atoms with van der Waals surface area (Å²) in [7, 11) is -3.04. The van der Waals surface area contributed by atoms with Gasteiger partial charge in [0.1, 0.15) is 0 Å². The lowest BCUT2D eigenvalue weighted by Gasteiger charge is -2.51. The number of sulfone groups is 1. The molecule has 0 atom stereocenters. The van der Waals surface area contributed by atoms with Crippen molar-refractivity contribution < 1.29 is 8.42 Å². The fourth-order valence-corrected chi connectivity index (χ4v) is 4.53. The second kappa shape index (κ2) is 5.50. The summed E-state index contributed by atoms with van der Waals surface area (Å²) >= 11 is 0. The molecule has 0 aromatic heterocycles. The highest BCUT2D eigenvalue weighted by atomic mass is 32.2. The standard InChI is InChI=1S/C16H32N2O2S/c1-14(2,3)21(19,20)11-10-18-13-16(8-6-7-9-16)17-12-15(18,4)5/h17H,6-13H2,1-5H3. The van der Waals surface area contributed by atoms with Gasteiger partial charge in [-0.3, -0.25) is 4.90 Å². The minimum Gasteiger partial charge on any atom is -0.308 e. The average molecular weight is 317 g/mol. The first-order valence-corrected chi connectivity index (χ1v) is 9.85. The first kappa shape index (κ1) is 17.2. The highest BCUT2D eigenvalue weighted by Crippen LogP contribution is 2.35. The Morgan fingerprint density at radius 1 is 1.14 bits per heavy atom. The Morgan fingerprint density at radius 3 is 2.24 bits per heavy atom. The van der Waals surface area contributed by atoms with Crippen LogP contribution in [0.4, 0.5) is 0 Å². The Kier molecular flexibility index (Phi) is 4.51. The Labute approximate surface area is 130 Å². The number of nitrogens with zero attached hydrogens (tertiary/aromatic N) is 1. The highest BCUT2D eigenvalue weighted by Gasteiger charge is 2.44. The van der Waals surface area contributed by atoms with Crippen LogP contribution in [0.2, 0.25) is 0 Å². The van der Waals surface area contributed by atoms with Crippen molar-refractivity contribution in [2.24, 2.45) is 0 Å². The molecule has 0 amide bonds. The minimum absolute atomic E-state index is 0.0290. The summed E-state index contributed by atoms with van der Waals surface area (Å²) in [4.78, 5) is 2.40. The third kappa shape index (κ3) is 3.62. The largest absolute Gasteiger partial charge is 0.308 e. The van der Waals surface area contributed by atoms with Crippen LogP contribution in [0.3, 0.4) is 0 Å². The van der Waals surface area contributed by atoms with Crippen molar-refractivity contribution >= 4 is 9.84 Å². The SMILES string of the molecule is CC1(C)CNC2(CCCC2)CN1CCS(=O)(=O)C(C)(C)C. The van der Waals surface area contributed by atoms with Crippen LogP contribution in [0.1, 0.15) is 60.3 Å². The van der Waals surface area contributed by atoms with Crippen LogP contribution in [0, 0.1) is 0 Å². The van der Waals surface area contributed by atoms with Crippen molar-refractivity contribution in [2.45, 2.75) is 76.1 Å². The van der Waals surface area contributed by atoms with E-state index in [9.17, 15) is 8.42 Å². The minimum atomic E-state index is -3.04. The molecule has 1 spiro atoms. The van der Waals surface area contributed by atoms with E-state index in [0.29, 0.717) is 6.54 Å². The Hall–Kier alpha value is -0.130. The lowest BCUT2D eigenvalue weighted by molar-refractivity contribution is 0.0335. The van der Waals surface area contributed by atoms with Gasteiger partial charge in [0, 0.05) is 30.7 Å². The van der Waals surface area contributed by atoms with Crippen LogP contribution < -0.4 is 5.32 Å². The van der Waals surface area contributed by atoms with Gasteiger partial charge in [0.2, 0.25) is 0 Å². The first-order chi connectivity index (χ1) is 9.48. The van der Waals surface area contributed by atoms with E-state index in [0.717, 1.165) is 13.1 Å². The predicted octanol–water partition coefficient (Wildman–Crippen LogP) is 2.20. The molecule has 0 aromatic carbocycles. The fraction of sp³-hybridized carbons (Fsp3) is 1.00. The van der Waals surface area contributed by atoms with Gasteiger partial charge >= 0.3 is 0 Å². The van der Waals surface area contributed by atoms with Gasteiger partial charge in [-0.25, -0.2) is 8.42 Å². The van der Waals surface area contributed by atoms with Crippen LogP contribution in [0.25, 0.3) is 0 Å². The molecule has 2 fully saturated rings. The lowest BCUT2D eigenvalue weighted by atomic mass is 9.87. The fourth-order valence-electron chi connectivity index (χ4n) is 3.46. The molecule has 1 heterocycles. The average Bonchev–Trinajstić information content (AvgIpc) is 2.78. The monoisotopic (exact) mass is 316 g/mol. The van der Waals surface area contributed by atoms with Crippen LogP contribution in [0.5, 0.6) is 0 Å². The number of piperazine rings is 1. The predicted molar refractivity (Wildman–Crippen MR) is 88.4 cm³/mol. The summed E-state index contributed by atoms with van der Waals surface area (Å²) in [5, 5.41) is 3.75. The number of hydrogen-bond acceptors (Lipinski definition) is 4. The van der Waals surface area contributed by atoms with E-state index in [4.69, 9.17) is 0 Å². The van der Waals surface area contributed by atoms with E-state index < -0.39 is 14.6 Å². The van der Waals surface area contributed by atoms with Gasteiger partial charge < -0.3 is 5.32 Å². The Morgan fingerprint density at radius 2 is 1.71 bits per heavy atom. The van der Waals surface area contributed by atoms with Gasteiger partial charge in [0.15, 0.2) is 9.84 Å². The summed E-state index contributed by atoms with van der Waals surface area (Å²) in [5.41, 5.74) is 0.266. The summed E-state index contributed by atoms with van der Waals surface area (Å²) in [5.74, 6) is 0.260. The molecule has 1 saturated heterocycles. The normalized spacial score (nSPS) is 26.3. The van der Waals surface area contributed by atoms with Gasteiger partial charge in [-0.15, -0.1) is 0 Å². The third-order valence-electron chi connectivity index (χ3n) is 5.37. The molecular formula is C16H32N2O2S. The van der Waals surface area contributed by atoms with E-state index >= 15 is 0 Å². The molecule has 1 saturated carbocycles. The van der Waals surface area contributed by atoms with E-state index in [-0.39, 0.29) is 16.8 Å². The second-order valence-corrected chi connectivity index (χ2v) is 11.4. The van der Waals surface area contributed by atoms with Crippen LogP contribution >= 0.6 is 0 Å². The molecule has 0 bridgehead atoms. The third-order valence-corrected chi connectivity index (χ3v) is 7.96. The molecule has 4 nitrogen and oxygen atoms in total. The van der Waals surface area contributed by atoms with Crippen molar-refractivity contribution in [1.82, 2.24) is 10.2 Å². The van der Waals surface area contributed by atoms with Crippen molar-refractivity contribution in [3.05, 3.63) is 0 Å². The van der Waals surface area contributed by atoms with Crippen LogP contribution in [-0.2, 0) is 9.84 Å². The van der Waals surface area contributed by atoms with Gasteiger partial charge in [-0.1, -0.05) is 12.8 Å². The van der Waals surface area contributed by atoms with Gasteiger partial charge in [-0.05, 0) is 47.5 Å². The molecule has 5 heteroatoms. The molecule has 124 valence electrons. The number of nitrogens with one attached hydrogen (secondary N) is 1. The molecule has 1 aliphatic heterocycles. The highest BCUT2D eigenvalue weighted by molar-refractivity contribution is 7.92. The number of rotatable bonds is 3. The lowest BCUT2D eigenvalue weighted by Crippen LogP contribution is -2.67. The van der Waals surface area contributed by atoms with E-state index in [1.807, 2.05) is 0 Å². The molecule has 2 aliphatic rings. The smallest absolute Gasteiger partial charge is 0.156 e. The maximum absolute atomic E-state index is 12.4. The van der Waals surface area contributed by atoms with Gasteiger partial charge in [-0.2, -0.15) is 0 Å². The zero-order valence-electron chi connectivity index (χ0n) is 14.3. The van der Waals surface area contributed by atoms with E-state index in [2.05, 4.69) is 24.1 Å². The van der Waals surface area contributed by atoms with E-state index in [1.165, 1.54) is 25.7 Å². The number of hydrogen-bond donors (Lipinski definition) is 1. The van der Waals surface area contributed by atoms with Crippen molar-refractivity contribution in [2.75, 3.05) is 25.4 Å². The summed E-state index contributed by atoms with van der Waals surface area (Å²) < 4.78 is 24.1. The van der Waals surface area contributed by atoms with Crippen molar-refractivity contribution in [3.63, 3.8) is 0 Å². The topological polar surface area (TPSA) is 49.4 Å². The summed E-state index contributed by atoms with van der Waals surface area (Å²) in [6, 6.07) is 0. The zero-order chi connectivity index (χ0) is 15.9. The summed E-state index contributed by atoms with van der Waals surface area (Å²) in [6.45, 7) is 12.4. The maximum Gasteiger partial charge on any atom is 0.156 e. The van der Waals surface area contributed by atoms with Crippen molar-refractivity contribution in [1.29, 1.82) is 0 Å². The summed E-state index contributed by atoms with van der Waals surface area (Å²) in [6.07, 6.45) is 5.04. The molecular weight excluding hydrogens is 284 g/mol. The Balaban J connectivity index is 2.06. The molecule has 0 unspecified atom stereocenters.